The molecule has 108 valence electrons. The highest BCUT2D eigenvalue weighted by atomic mass is 32.1. The molecule has 1 aliphatic rings. The molecular formula is C16H17N3OS. The zero-order chi connectivity index (χ0) is 14.5. The fraction of sp³-hybridized carbons (Fsp3) is 0.375. The van der Waals surface area contributed by atoms with Crippen molar-refractivity contribution in [2.75, 3.05) is 0 Å². The molecule has 0 aliphatic heterocycles. The first kappa shape index (κ1) is 14.1. The van der Waals surface area contributed by atoms with E-state index in [0.29, 0.717) is 5.82 Å². The van der Waals surface area contributed by atoms with Crippen molar-refractivity contribution >= 4 is 23.2 Å². The molecule has 1 fully saturated rings. The Morgan fingerprint density at radius 2 is 1.95 bits per heavy atom. The summed E-state index contributed by atoms with van der Waals surface area (Å²) in [5.74, 6) is 1.08. The molecule has 1 aliphatic carbocycles. The number of carbonyl (C=O) groups excluding carboxylic acids is 1. The Hall–Kier alpha value is -1.88. The van der Waals surface area contributed by atoms with Gasteiger partial charge >= 0.3 is 0 Å². The summed E-state index contributed by atoms with van der Waals surface area (Å²) in [6.45, 7) is 0. The Kier molecular flexibility index (Phi) is 4.50. The molecule has 21 heavy (non-hydrogen) atoms. The summed E-state index contributed by atoms with van der Waals surface area (Å²) in [4.78, 5) is 24.9. The van der Waals surface area contributed by atoms with E-state index >= 15 is 0 Å². The fourth-order valence-corrected chi connectivity index (χ4v) is 3.30. The van der Waals surface area contributed by atoms with E-state index in [-0.39, 0.29) is 11.7 Å². The van der Waals surface area contributed by atoms with Crippen molar-refractivity contribution in [1.29, 1.82) is 0 Å². The third-order valence-corrected chi connectivity index (χ3v) is 4.56. The van der Waals surface area contributed by atoms with Crippen LogP contribution in [0.3, 0.4) is 0 Å². The monoisotopic (exact) mass is 299 g/mol. The van der Waals surface area contributed by atoms with Gasteiger partial charge in [0.25, 0.3) is 0 Å². The standard InChI is InChI=1S/C16H17N3OS/c20-14(12-5-2-1-3-6-12)8-7-13-11-21-16(19-13)15-17-9-4-10-18-15/h4,7-12H,1-3,5-6H2/b8-7+. The summed E-state index contributed by atoms with van der Waals surface area (Å²) in [7, 11) is 0. The number of allylic oxidation sites excluding steroid dienone is 1. The maximum Gasteiger partial charge on any atom is 0.188 e. The minimum Gasteiger partial charge on any atom is -0.295 e. The predicted octanol–water partition coefficient (Wildman–Crippen LogP) is 3.76. The van der Waals surface area contributed by atoms with Crippen LogP contribution in [0.25, 0.3) is 16.9 Å². The highest BCUT2D eigenvalue weighted by Gasteiger charge is 2.18. The van der Waals surface area contributed by atoms with Gasteiger partial charge in [-0.1, -0.05) is 19.3 Å². The lowest BCUT2D eigenvalue weighted by Gasteiger charge is -2.18. The fourth-order valence-electron chi connectivity index (χ4n) is 2.57. The second kappa shape index (κ2) is 6.72. The van der Waals surface area contributed by atoms with Gasteiger partial charge in [0.1, 0.15) is 0 Å². The van der Waals surface area contributed by atoms with Crippen molar-refractivity contribution in [3.05, 3.63) is 35.6 Å². The van der Waals surface area contributed by atoms with Gasteiger partial charge in [-0.05, 0) is 31.1 Å². The Bertz CT molecular complexity index is 630. The average molecular weight is 299 g/mol. The molecule has 2 heterocycles. The molecule has 0 saturated heterocycles. The maximum atomic E-state index is 12.1. The van der Waals surface area contributed by atoms with E-state index in [1.165, 1.54) is 30.6 Å². The molecule has 5 heteroatoms. The number of hydrogen-bond acceptors (Lipinski definition) is 5. The second-order valence-electron chi connectivity index (χ2n) is 5.22. The number of ketones is 1. The van der Waals surface area contributed by atoms with Crippen LogP contribution in [-0.2, 0) is 4.79 Å². The smallest absolute Gasteiger partial charge is 0.188 e. The number of rotatable bonds is 4. The Morgan fingerprint density at radius 3 is 2.71 bits per heavy atom. The van der Waals surface area contributed by atoms with Crippen LogP contribution < -0.4 is 0 Å². The summed E-state index contributed by atoms with van der Waals surface area (Å²) >= 11 is 1.49. The van der Waals surface area contributed by atoms with Gasteiger partial charge in [-0.25, -0.2) is 15.0 Å². The quantitative estimate of drug-likeness (QED) is 0.807. The van der Waals surface area contributed by atoms with Gasteiger partial charge in [-0.15, -0.1) is 11.3 Å². The lowest BCUT2D eigenvalue weighted by Crippen LogP contribution is -2.15. The lowest BCUT2D eigenvalue weighted by atomic mass is 9.86. The van der Waals surface area contributed by atoms with Crippen molar-refractivity contribution in [2.45, 2.75) is 32.1 Å². The number of hydrogen-bond donors (Lipinski definition) is 0. The first-order valence-corrected chi connectivity index (χ1v) is 8.16. The molecule has 0 amide bonds. The third kappa shape index (κ3) is 3.61. The first-order valence-electron chi connectivity index (χ1n) is 7.28. The largest absolute Gasteiger partial charge is 0.295 e. The highest BCUT2D eigenvalue weighted by molar-refractivity contribution is 7.13. The van der Waals surface area contributed by atoms with Crippen LogP contribution in [0.4, 0.5) is 0 Å². The van der Waals surface area contributed by atoms with Gasteiger partial charge < -0.3 is 0 Å². The van der Waals surface area contributed by atoms with Crippen LogP contribution in [-0.4, -0.2) is 20.7 Å². The molecule has 0 unspecified atom stereocenters. The SMILES string of the molecule is O=C(/C=C/c1csc(-c2ncccn2)n1)C1CCCCC1. The molecule has 4 nitrogen and oxygen atoms in total. The van der Waals surface area contributed by atoms with E-state index < -0.39 is 0 Å². The van der Waals surface area contributed by atoms with Crippen molar-refractivity contribution in [3.63, 3.8) is 0 Å². The van der Waals surface area contributed by atoms with Gasteiger partial charge in [0, 0.05) is 23.7 Å². The van der Waals surface area contributed by atoms with Crippen LogP contribution in [0.5, 0.6) is 0 Å². The first-order chi connectivity index (χ1) is 10.3. The van der Waals surface area contributed by atoms with Crippen LogP contribution >= 0.6 is 11.3 Å². The van der Waals surface area contributed by atoms with Crippen molar-refractivity contribution in [2.24, 2.45) is 5.92 Å². The summed E-state index contributed by atoms with van der Waals surface area (Å²) in [5, 5.41) is 2.71. The lowest BCUT2D eigenvalue weighted by molar-refractivity contribution is -0.119. The van der Waals surface area contributed by atoms with E-state index in [0.717, 1.165) is 23.5 Å². The normalized spacial score (nSPS) is 16.4. The van der Waals surface area contributed by atoms with E-state index in [1.54, 1.807) is 30.6 Å². The number of nitrogens with zero attached hydrogens (tertiary/aromatic N) is 3. The predicted molar refractivity (Wildman–Crippen MR) is 83.8 cm³/mol. The topological polar surface area (TPSA) is 55.7 Å². The molecule has 0 N–H and O–H groups in total. The summed E-state index contributed by atoms with van der Waals surface area (Å²) in [6, 6.07) is 1.78. The minimum absolute atomic E-state index is 0.213. The van der Waals surface area contributed by atoms with Crippen molar-refractivity contribution in [1.82, 2.24) is 15.0 Å². The Balaban J connectivity index is 1.66. The molecule has 0 radical (unpaired) electrons. The molecule has 0 atom stereocenters. The molecule has 3 rings (SSSR count). The van der Waals surface area contributed by atoms with Gasteiger partial charge in [0.05, 0.1) is 5.69 Å². The van der Waals surface area contributed by atoms with Crippen molar-refractivity contribution in [3.8, 4) is 10.8 Å². The zero-order valence-electron chi connectivity index (χ0n) is 11.7. The average Bonchev–Trinajstić information content (AvgIpc) is 3.03. The van der Waals surface area contributed by atoms with Crippen LogP contribution in [0.1, 0.15) is 37.8 Å². The minimum atomic E-state index is 0.213. The number of thiazole rings is 1. The van der Waals surface area contributed by atoms with Crippen LogP contribution in [0.15, 0.2) is 29.9 Å². The molecule has 2 aromatic rings. The molecule has 2 aromatic heterocycles. The Morgan fingerprint density at radius 1 is 1.19 bits per heavy atom. The van der Waals surface area contributed by atoms with Gasteiger partial charge in [-0.2, -0.15) is 0 Å². The van der Waals surface area contributed by atoms with Crippen LogP contribution in [0.2, 0.25) is 0 Å². The zero-order valence-corrected chi connectivity index (χ0v) is 12.6. The highest BCUT2D eigenvalue weighted by Crippen LogP contribution is 2.25. The molecule has 0 bridgehead atoms. The maximum absolute atomic E-state index is 12.1. The van der Waals surface area contributed by atoms with Gasteiger partial charge in [-0.3, -0.25) is 4.79 Å². The van der Waals surface area contributed by atoms with Gasteiger partial charge in [0.15, 0.2) is 16.6 Å². The van der Waals surface area contributed by atoms with E-state index in [1.807, 2.05) is 5.38 Å². The van der Waals surface area contributed by atoms with E-state index in [4.69, 9.17) is 0 Å². The third-order valence-electron chi connectivity index (χ3n) is 3.70. The summed E-state index contributed by atoms with van der Waals surface area (Å²) in [5.41, 5.74) is 0.798. The summed E-state index contributed by atoms with van der Waals surface area (Å²) in [6.07, 6.45) is 12.6. The van der Waals surface area contributed by atoms with Gasteiger partial charge in [0.2, 0.25) is 0 Å². The van der Waals surface area contributed by atoms with E-state index in [2.05, 4.69) is 15.0 Å². The van der Waals surface area contributed by atoms with E-state index in [9.17, 15) is 4.79 Å². The van der Waals surface area contributed by atoms with Crippen molar-refractivity contribution < 1.29 is 4.79 Å². The number of carbonyl (C=O) groups is 1. The van der Waals surface area contributed by atoms with Crippen LogP contribution in [0, 0.1) is 5.92 Å². The molecular weight excluding hydrogens is 282 g/mol. The number of aromatic nitrogens is 3. The Labute approximate surface area is 128 Å². The molecule has 1 saturated carbocycles. The second-order valence-corrected chi connectivity index (χ2v) is 6.08. The molecule has 0 spiro atoms. The summed E-state index contributed by atoms with van der Waals surface area (Å²) < 4.78 is 0. The molecule has 0 aromatic carbocycles.